The van der Waals surface area contributed by atoms with Crippen LogP contribution in [0.15, 0.2) is 129 Å². The summed E-state index contributed by atoms with van der Waals surface area (Å²) in [6, 6.07) is 24.7. The zero-order valence-corrected chi connectivity index (χ0v) is 44.5. The van der Waals surface area contributed by atoms with Crippen LogP contribution < -0.4 is 31.1 Å². The number of hydrogen-bond donors (Lipinski definition) is 12. The molecule has 0 saturated heterocycles. The van der Waals surface area contributed by atoms with Gasteiger partial charge in [0.05, 0.1) is 26.4 Å². The second-order valence-electron chi connectivity index (χ2n) is 17.0. The number of hydrogen-bond acceptors (Lipinski definition) is 24. The second-order valence-corrected chi connectivity index (χ2v) is 22.5. The number of aromatic nitrogens is 6. The predicted octanol–water partition coefficient (Wildman–Crippen LogP) is 4.08. The van der Waals surface area contributed by atoms with Crippen molar-refractivity contribution in [3.8, 4) is 0 Å². The maximum Gasteiger partial charge on any atom is 0.295 e. The highest BCUT2D eigenvalue weighted by Crippen LogP contribution is 2.34. The largest absolute Gasteiger partial charge is 0.395 e. The van der Waals surface area contributed by atoms with Crippen molar-refractivity contribution in [3.05, 3.63) is 120 Å². The molecular formula is C48H48N12O16S4. The third-order valence-corrected chi connectivity index (χ3v) is 15.3. The first-order valence-electron chi connectivity index (χ1n) is 23.4. The van der Waals surface area contributed by atoms with Crippen LogP contribution in [0.2, 0.25) is 0 Å². The molecule has 12 N–H and O–H groups in total. The predicted molar refractivity (Wildman–Crippen MR) is 295 cm³/mol. The van der Waals surface area contributed by atoms with Crippen molar-refractivity contribution in [2.24, 2.45) is 0 Å². The van der Waals surface area contributed by atoms with Crippen molar-refractivity contribution in [1.29, 1.82) is 0 Å². The zero-order chi connectivity index (χ0) is 57.6. The van der Waals surface area contributed by atoms with Gasteiger partial charge < -0.3 is 51.5 Å². The summed E-state index contributed by atoms with van der Waals surface area (Å²) in [5.74, 6) is -0.952. The second kappa shape index (κ2) is 24.1. The van der Waals surface area contributed by atoms with Crippen molar-refractivity contribution in [3.63, 3.8) is 0 Å². The van der Waals surface area contributed by atoms with Gasteiger partial charge in [0.1, 0.15) is 19.6 Å². The van der Waals surface area contributed by atoms with Crippen molar-refractivity contribution >= 4 is 133 Å². The van der Waals surface area contributed by atoms with Gasteiger partial charge in [-0.3, -0.25) is 18.2 Å². The molecule has 0 atom stereocenters. The lowest BCUT2D eigenvalue weighted by atomic mass is 10.1. The summed E-state index contributed by atoms with van der Waals surface area (Å²) in [5.41, 5.74) is 0.163. The van der Waals surface area contributed by atoms with Crippen molar-refractivity contribution in [2.75, 3.05) is 83.7 Å². The lowest BCUT2D eigenvalue weighted by Crippen LogP contribution is -2.31. The Bertz CT molecular complexity index is 3870. The molecule has 32 heteroatoms. The van der Waals surface area contributed by atoms with E-state index in [9.17, 15) is 72.3 Å². The molecular weight excluding hydrogens is 1130 g/mol. The zero-order valence-electron chi connectivity index (χ0n) is 41.3. The third-order valence-electron chi connectivity index (χ3n) is 11.6. The molecule has 2 heterocycles. The summed E-state index contributed by atoms with van der Waals surface area (Å²) in [5, 5.41) is 51.8. The molecule has 0 aliphatic rings. The topological polar surface area (TPSA) is 430 Å². The number of nitrogens with zero attached hydrogens (tertiary/aromatic N) is 8. The van der Waals surface area contributed by atoms with Gasteiger partial charge in [-0.25, -0.2) is 0 Å². The smallest absolute Gasteiger partial charge is 0.295 e. The monoisotopic (exact) mass is 1180 g/mol. The summed E-state index contributed by atoms with van der Waals surface area (Å²) < 4.78 is 141. The first-order valence-corrected chi connectivity index (χ1v) is 29.2. The molecule has 8 aromatic rings. The minimum Gasteiger partial charge on any atom is -0.395 e. The van der Waals surface area contributed by atoms with E-state index < -0.39 is 50.3 Å². The number of aliphatic hydroxyl groups excluding tert-OH is 4. The Morgan fingerprint density at radius 2 is 0.688 bits per heavy atom. The SMILES string of the molecule is O=S(=O)(O)c1cc(Nc2nc(Nc3ccc(S(=O)(=O)O)c4ccccc34)nc(N(CCO)CCO)n2)ccc1C=Cc1ccc(Nc2nc(Nc3ccc(S(=O)(=O)O)c4ccccc34)nc(N(CCO)CCO)n2)cc1S(=O)(=O)O. The van der Waals surface area contributed by atoms with E-state index in [0.29, 0.717) is 10.8 Å². The van der Waals surface area contributed by atoms with Gasteiger partial charge >= 0.3 is 0 Å². The molecule has 28 nitrogen and oxygen atoms in total. The van der Waals surface area contributed by atoms with Gasteiger partial charge in [0.2, 0.25) is 35.7 Å². The Morgan fingerprint density at radius 1 is 0.375 bits per heavy atom. The molecule has 6 aromatic carbocycles. The van der Waals surface area contributed by atoms with Gasteiger partial charge in [-0.1, -0.05) is 72.8 Å². The van der Waals surface area contributed by atoms with E-state index in [1.54, 1.807) is 36.4 Å². The number of aliphatic hydroxyl groups is 4. The van der Waals surface area contributed by atoms with Crippen LogP contribution in [0.3, 0.4) is 0 Å². The Balaban J connectivity index is 1.11. The first-order chi connectivity index (χ1) is 38.0. The fourth-order valence-electron chi connectivity index (χ4n) is 8.18. The van der Waals surface area contributed by atoms with Gasteiger partial charge in [0.25, 0.3) is 40.5 Å². The van der Waals surface area contributed by atoms with Crippen LogP contribution in [0.4, 0.5) is 58.4 Å². The average Bonchev–Trinajstić information content (AvgIpc) is 3.44. The molecule has 0 amide bonds. The summed E-state index contributed by atoms with van der Waals surface area (Å²) in [6.07, 6.45) is 2.29. The average molecular weight is 1180 g/mol. The van der Waals surface area contributed by atoms with Gasteiger partial charge in [0, 0.05) is 70.5 Å². The number of nitrogens with one attached hydrogen (secondary N) is 4. The third kappa shape index (κ3) is 13.8. The van der Waals surface area contributed by atoms with Crippen molar-refractivity contribution < 1.29 is 72.3 Å². The molecule has 0 bridgehead atoms. The lowest BCUT2D eigenvalue weighted by Gasteiger charge is -2.22. The normalized spacial score (nSPS) is 12.2. The number of benzene rings is 6. The van der Waals surface area contributed by atoms with E-state index in [-0.39, 0.29) is 143 Å². The molecule has 80 heavy (non-hydrogen) atoms. The van der Waals surface area contributed by atoms with E-state index >= 15 is 0 Å². The standard InChI is InChI=1S/C48H48N12O16S4/c61-23-19-59(20-24-62)47-55-43(53-45(57-47)51-37-15-17-39(77(65,66)67)35-7-3-1-5-33(35)37)49-31-13-11-29(41(27-31)79(71,72)73)9-10-30-12-14-32(28-42(30)80(74,75)76)50-44-54-46(58-48(56-44)60(21-25-63)22-26-64)52-38-16-18-40(78(68,69)70)36-8-4-2-6-34(36)38/h1-18,27-28,61-64H,19-26H2,(H,65,66,67)(H,68,69,70)(H,71,72,73)(H,74,75,76)(H2,49,51,53,55,57)(H2,50,52,54,56,58). The number of fused-ring (bicyclic) bond motifs is 2. The number of anilines is 10. The number of rotatable bonds is 24. The summed E-state index contributed by atoms with van der Waals surface area (Å²) in [7, 11) is -19.4. The molecule has 420 valence electrons. The summed E-state index contributed by atoms with van der Waals surface area (Å²) in [4.78, 5) is 27.1. The van der Waals surface area contributed by atoms with Crippen LogP contribution >= 0.6 is 0 Å². The minimum absolute atomic E-state index is 0.0233. The first kappa shape index (κ1) is 58.0. The van der Waals surface area contributed by atoms with Crippen molar-refractivity contribution in [2.45, 2.75) is 19.6 Å². The molecule has 8 rings (SSSR count). The lowest BCUT2D eigenvalue weighted by molar-refractivity contribution is 0.279. The van der Waals surface area contributed by atoms with Crippen LogP contribution in [0.25, 0.3) is 33.7 Å². The van der Waals surface area contributed by atoms with Crippen LogP contribution in [-0.4, -0.2) is 155 Å². The molecule has 0 unspecified atom stereocenters. The maximum atomic E-state index is 12.9. The van der Waals surface area contributed by atoms with Gasteiger partial charge in [-0.15, -0.1) is 0 Å². The highest BCUT2D eigenvalue weighted by atomic mass is 32.2. The molecule has 0 fully saturated rings. The van der Waals surface area contributed by atoms with Crippen LogP contribution in [-0.2, 0) is 40.5 Å². The minimum atomic E-state index is -5.06. The van der Waals surface area contributed by atoms with E-state index in [4.69, 9.17) is 0 Å². The van der Waals surface area contributed by atoms with Gasteiger partial charge in [0.15, 0.2) is 0 Å². The Kier molecular flexibility index (Phi) is 17.5. The molecule has 0 radical (unpaired) electrons. The Labute approximate surface area is 456 Å². The fraction of sp³-hybridized carbons (Fsp3) is 0.167. The van der Waals surface area contributed by atoms with Crippen molar-refractivity contribution in [1.82, 2.24) is 29.9 Å². The molecule has 0 aliphatic carbocycles. The van der Waals surface area contributed by atoms with Gasteiger partial charge in [-0.2, -0.15) is 63.6 Å². The van der Waals surface area contributed by atoms with Crippen LogP contribution in [0.1, 0.15) is 11.1 Å². The van der Waals surface area contributed by atoms with Crippen LogP contribution in [0, 0.1) is 0 Å². The van der Waals surface area contributed by atoms with E-state index in [0.717, 1.165) is 24.3 Å². The van der Waals surface area contributed by atoms with Crippen LogP contribution in [0.5, 0.6) is 0 Å². The summed E-state index contributed by atoms with van der Waals surface area (Å²) >= 11 is 0. The molecule has 2 aromatic heterocycles. The quantitative estimate of drug-likeness (QED) is 0.0299. The Morgan fingerprint density at radius 3 is 1.00 bits per heavy atom. The van der Waals surface area contributed by atoms with E-state index in [1.807, 2.05) is 0 Å². The maximum absolute atomic E-state index is 12.9. The summed E-state index contributed by atoms with van der Waals surface area (Å²) in [6.45, 7) is -1.78. The van der Waals surface area contributed by atoms with E-state index in [2.05, 4.69) is 51.2 Å². The highest BCUT2D eigenvalue weighted by Gasteiger charge is 2.23. The fourth-order valence-corrected chi connectivity index (χ4v) is 11.0. The molecule has 0 aliphatic heterocycles. The highest BCUT2D eigenvalue weighted by molar-refractivity contribution is 7.86. The molecule has 0 spiro atoms. The molecule has 0 saturated carbocycles. The van der Waals surface area contributed by atoms with Gasteiger partial charge in [-0.05, 0) is 59.7 Å². The van der Waals surface area contributed by atoms with E-state index in [1.165, 1.54) is 70.5 Å². The Hall–Kier alpha value is -8.12.